The van der Waals surface area contributed by atoms with E-state index in [1.54, 1.807) is 18.2 Å². The Labute approximate surface area is 136 Å². The Morgan fingerprint density at radius 1 is 1.43 bits per heavy atom. The van der Waals surface area contributed by atoms with Crippen LogP contribution in [0.3, 0.4) is 0 Å². The summed E-state index contributed by atoms with van der Waals surface area (Å²) in [5.74, 6) is 0.259. The van der Waals surface area contributed by atoms with Crippen molar-refractivity contribution < 1.29 is 14.3 Å². The predicted octanol–water partition coefficient (Wildman–Crippen LogP) is 1.80. The van der Waals surface area contributed by atoms with Crippen molar-refractivity contribution in [2.45, 2.75) is 6.92 Å². The molecular formula is C14H13ClN4O4. The van der Waals surface area contributed by atoms with Crippen LogP contribution in [0.25, 0.3) is 0 Å². The van der Waals surface area contributed by atoms with E-state index in [4.69, 9.17) is 21.1 Å². The second-order valence-corrected chi connectivity index (χ2v) is 4.68. The lowest BCUT2D eigenvalue weighted by atomic mass is 10.2. The monoisotopic (exact) mass is 336 g/mol. The molecule has 0 saturated heterocycles. The maximum absolute atomic E-state index is 11.3. The summed E-state index contributed by atoms with van der Waals surface area (Å²) in [6.45, 7) is 1.30. The van der Waals surface area contributed by atoms with Gasteiger partial charge >= 0.3 is 5.97 Å². The van der Waals surface area contributed by atoms with Crippen LogP contribution in [0.15, 0.2) is 34.3 Å². The van der Waals surface area contributed by atoms with E-state index in [-0.39, 0.29) is 10.7 Å². The molecule has 120 valence electrons. The smallest absolute Gasteiger partial charge is 0.308 e. The number of esters is 1. The molecule has 9 heteroatoms. The molecule has 0 fully saturated rings. The molecule has 0 unspecified atom stereocenters. The SMILES string of the molecule is COc1cc(/C=N\Nc2cn[nH]c(=O)c2Cl)ccc1OC(C)=O. The molecule has 0 amide bonds. The van der Waals surface area contributed by atoms with Gasteiger partial charge in [0.2, 0.25) is 0 Å². The minimum atomic E-state index is -0.515. The van der Waals surface area contributed by atoms with Crippen molar-refractivity contribution in [2.24, 2.45) is 5.10 Å². The second kappa shape index (κ2) is 7.41. The number of hydrogen-bond acceptors (Lipinski definition) is 7. The number of hydrazone groups is 1. The van der Waals surface area contributed by atoms with Gasteiger partial charge in [0.05, 0.1) is 19.5 Å². The number of carbonyl (C=O) groups is 1. The molecule has 0 spiro atoms. The highest BCUT2D eigenvalue weighted by molar-refractivity contribution is 6.32. The number of methoxy groups -OCH3 is 1. The number of H-pyrrole nitrogens is 1. The van der Waals surface area contributed by atoms with E-state index in [9.17, 15) is 9.59 Å². The van der Waals surface area contributed by atoms with Gasteiger partial charge in [0.25, 0.3) is 5.56 Å². The number of anilines is 1. The van der Waals surface area contributed by atoms with E-state index in [0.717, 1.165) is 0 Å². The fourth-order valence-electron chi connectivity index (χ4n) is 1.64. The van der Waals surface area contributed by atoms with E-state index < -0.39 is 11.5 Å². The number of nitrogens with one attached hydrogen (secondary N) is 2. The van der Waals surface area contributed by atoms with Gasteiger partial charge in [0.1, 0.15) is 10.7 Å². The Balaban J connectivity index is 2.15. The van der Waals surface area contributed by atoms with Crippen molar-refractivity contribution in [1.29, 1.82) is 0 Å². The highest BCUT2D eigenvalue weighted by atomic mass is 35.5. The molecule has 1 heterocycles. The molecule has 0 bridgehead atoms. The standard InChI is InChI=1S/C14H13ClN4O4/c1-8(20)23-11-4-3-9(5-12(11)22-2)6-16-18-10-7-17-19-14(21)13(10)15/h3-7H,1-2H3,(H2,18,19,21)/b16-6-. The van der Waals surface area contributed by atoms with Gasteiger partial charge in [-0.3, -0.25) is 15.0 Å². The van der Waals surface area contributed by atoms with Crippen LogP contribution in [0.4, 0.5) is 5.69 Å². The molecule has 8 nitrogen and oxygen atoms in total. The van der Waals surface area contributed by atoms with Crippen LogP contribution in [-0.2, 0) is 4.79 Å². The molecule has 0 saturated carbocycles. The topological polar surface area (TPSA) is 106 Å². The molecule has 0 aliphatic heterocycles. The summed E-state index contributed by atoms with van der Waals surface area (Å²) in [4.78, 5) is 22.3. The first-order valence-corrected chi connectivity index (χ1v) is 6.77. The second-order valence-electron chi connectivity index (χ2n) is 4.30. The third-order valence-corrected chi connectivity index (χ3v) is 3.01. The Kier molecular flexibility index (Phi) is 5.32. The highest BCUT2D eigenvalue weighted by Crippen LogP contribution is 2.27. The molecule has 2 N–H and O–H groups in total. The minimum absolute atomic E-state index is 0.0417. The first-order chi connectivity index (χ1) is 11.0. The summed E-state index contributed by atoms with van der Waals surface area (Å²) in [6.07, 6.45) is 2.82. The lowest BCUT2D eigenvalue weighted by Gasteiger charge is -2.08. The van der Waals surface area contributed by atoms with Crippen LogP contribution < -0.4 is 20.5 Å². The number of benzene rings is 1. The van der Waals surface area contributed by atoms with Crippen LogP contribution in [0.2, 0.25) is 5.02 Å². The van der Waals surface area contributed by atoms with Crippen molar-refractivity contribution in [3.05, 3.63) is 45.3 Å². The molecule has 0 aliphatic carbocycles. The molecule has 0 radical (unpaired) electrons. The van der Waals surface area contributed by atoms with Gasteiger partial charge in [-0.2, -0.15) is 10.2 Å². The lowest BCUT2D eigenvalue weighted by molar-refractivity contribution is -0.132. The maximum Gasteiger partial charge on any atom is 0.308 e. The van der Waals surface area contributed by atoms with Gasteiger partial charge in [-0.05, 0) is 23.8 Å². The van der Waals surface area contributed by atoms with E-state index in [1.165, 1.54) is 26.4 Å². The molecule has 2 aromatic rings. The van der Waals surface area contributed by atoms with Gasteiger partial charge in [-0.25, -0.2) is 5.10 Å². The van der Waals surface area contributed by atoms with Gasteiger partial charge in [-0.15, -0.1) is 0 Å². The quantitative estimate of drug-likeness (QED) is 0.373. The van der Waals surface area contributed by atoms with Crippen molar-refractivity contribution in [2.75, 3.05) is 12.5 Å². The maximum atomic E-state index is 11.3. The first-order valence-electron chi connectivity index (χ1n) is 6.40. The molecule has 2 rings (SSSR count). The average molecular weight is 337 g/mol. The number of rotatable bonds is 5. The summed E-state index contributed by atoms with van der Waals surface area (Å²) < 4.78 is 10.2. The number of aromatic amines is 1. The average Bonchev–Trinajstić information content (AvgIpc) is 2.52. The Morgan fingerprint density at radius 2 is 2.22 bits per heavy atom. The van der Waals surface area contributed by atoms with Crippen LogP contribution in [-0.4, -0.2) is 29.5 Å². The molecule has 1 aromatic carbocycles. The van der Waals surface area contributed by atoms with Gasteiger partial charge < -0.3 is 9.47 Å². The van der Waals surface area contributed by atoms with E-state index in [2.05, 4.69) is 20.7 Å². The fourth-order valence-corrected chi connectivity index (χ4v) is 1.77. The third kappa shape index (κ3) is 4.30. The minimum Gasteiger partial charge on any atom is -0.493 e. The first kappa shape index (κ1) is 16.5. The van der Waals surface area contributed by atoms with Gasteiger partial charge in [0, 0.05) is 6.92 Å². The summed E-state index contributed by atoms with van der Waals surface area (Å²) >= 11 is 5.80. The zero-order valence-electron chi connectivity index (χ0n) is 12.3. The number of carbonyl (C=O) groups excluding carboxylic acids is 1. The summed E-state index contributed by atoms with van der Waals surface area (Å²) in [5, 5.41) is 9.73. The van der Waals surface area contributed by atoms with Crippen molar-refractivity contribution in [1.82, 2.24) is 10.2 Å². The molecule has 23 heavy (non-hydrogen) atoms. The zero-order chi connectivity index (χ0) is 16.8. The zero-order valence-corrected chi connectivity index (χ0v) is 13.0. The van der Waals surface area contributed by atoms with Crippen molar-refractivity contribution in [3.8, 4) is 11.5 Å². The van der Waals surface area contributed by atoms with E-state index in [1.807, 2.05) is 0 Å². The predicted molar refractivity (Wildman–Crippen MR) is 85.4 cm³/mol. The normalized spacial score (nSPS) is 10.6. The number of aromatic nitrogens is 2. The highest BCUT2D eigenvalue weighted by Gasteiger charge is 2.07. The van der Waals surface area contributed by atoms with E-state index >= 15 is 0 Å². The molecule has 1 aromatic heterocycles. The summed E-state index contributed by atoms with van der Waals surface area (Å²) in [5.41, 5.74) is 3.05. The summed E-state index contributed by atoms with van der Waals surface area (Å²) in [7, 11) is 1.46. The van der Waals surface area contributed by atoms with Crippen LogP contribution >= 0.6 is 11.6 Å². The van der Waals surface area contributed by atoms with Gasteiger partial charge in [-0.1, -0.05) is 11.6 Å². The summed E-state index contributed by atoms with van der Waals surface area (Å²) in [6, 6.07) is 4.91. The lowest BCUT2D eigenvalue weighted by Crippen LogP contribution is -2.10. The number of nitrogens with zero attached hydrogens (tertiary/aromatic N) is 2. The third-order valence-electron chi connectivity index (χ3n) is 2.64. The van der Waals surface area contributed by atoms with Crippen molar-refractivity contribution >= 4 is 29.5 Å². The Morgan fingerprint density at radius 3 is 2.91 bits per heavy atom. The van der Waals surface area contributed by atoms with Gasteiger partial charge in [0.15, 0.2) is 11.5 Å². The molecule has 0 aliphatic rings. The van der Waals surface area contributed by atoms with Crippen molar-refractivity contribution in [3.63, 3.8) is 0 Å². The largest absolute Gasteiger partial charge is 0.493 e. The number of halogens is 1. The number of hydrogen-bond donors (Lipinski definition) is 2. The molecular weight excluding hydrogens is 324 g/mol. The van der Waals surface area contributed by atoms with Crippen LogP contribution in [0.5, 0.6) is 11.5 Å². The molecule has 0 atom stereocenters. The van der Waals surface area contributed by atoms with E-state index in [0.29, 0.717) is 17.1 Å². The van der Waals surface area contributed by atoms with Crippen LogP contribution in [0.1, 0.15) is 12.5 Å². The fraction of sp³-hybridized carbons (Fsp3) is 0.143. The Hall–Kier alpha value is -2.87. The van der Waals surface area contributed by atoms with Crippen LogP contribution in [0, 0.1) is 0 Å². The Bertz CT molecular complexity index is 804. The number of ether oxygens (including phenoxy) is 2.